The van der Waals surface area contributed by atoms with E-state index < -0.39 is 0 Å². The number of amides is 2. The van der Waals surface area contributed by atoms with E-state index in [0.29, 0.717) is 25.1 Å². The van der Waals surface area contributed by atoms with Crippen molar-refractivity contribution in [3.63, 3.8) is 0 Å². The number of hydrogen-bond donors (Lipinski definition) is 1. The zero-order chi connectivity index (χ0) is 16.2. The number of carbonyl (C=O) groups excluding carboxylic acids is 2. The maximum Gasteiger partial charge on any atom is 0.255 e. The molecule has 0 bridgehead atoms. The Morgan fingerprint density at radius 2 is 1.96 bits per heavy atom. The first-order valence-corrected chi connectivity index (χ1v) is 8.42. The lowest BCUT2D eigenvalue weighted by Gasteiger charge is -2.17. The van der Waals surface area contributed by atoms with Crippen LogP contribution in [0.25, 0.3) is 11.6 Å². The molecule has 0 spiro atoms. The van der Waals surface area contributed by atoms with E-state index in [-0.39, 0.29) is 17.7 Å². The van der Waals surface area contributed by atoms with Crippen molar-refractivity contribution in [2.45, 2.75) is 6.42 Å². The van der Waals surface area contributed by atoms with Gasteiger partial charge in [-0.05, 0) is 29.5 Å². The SMILES string of the molecule is NC(=O)C1CCN(C(=O)C(=Cc2ccccc2)c2cccs2)C1. The Balaban J connectivity index is 1.89. The lowest BCUT2D eigenvalue weighted by atomic mass is 10.1. The Kier molecular flexibility index (Phi) is 4.57. The van der Waals surface area contributed by atoms with E-state index in [9.17, 15) is 9.59 Å². The zero-order valence-electron chi connectivity index (χ0n) is 12.6. The van der Waals surface area contributed by atoms with E-state index in [0.717, 1.165) is 10.4 Å². The summed E-state index contributed by atoms with van der Waals surface area (Å²) in [6.07, 6.45) is 2.55. The van der Waals surface area contributed by atoms with Gasteiger partial charge in [-0.15, -0.1) is 11.3 Å². The van der Waals surface area contributed by atoms with Crippen molar-refractivity contribution in [2.75, 3.05) is 13.1 Å². The molecule has 0 saturated carbocycles. The van der Waals surface area contributed by atoms with Gasteiger partial charge in [0.05, 0.1) is 11.5 Å². The molecule has 1 unspecified atom stereocenters. The van der Waals surface area contributed by atoms with Gasteiger partial charge in [0.1, 0.15) is 0 Å². The quantitative estimate of drug-likeness (QED) is 0.878. The van der Waals surface area contributed by atoms with E-state index in [1.54, 1.807) is 4.90 Å². The molecule has 4 nitrogen and oxygen atoms in total. The van der Waals surface area contributed by atoms with Crippen LogP contribution in [-0.4, -0.2) is 29.8 Å². The number of hydrogen-bond acceptors (Lipinski definition) is 3. The maximum absolute atomic E-state index is 12.9. The molecular formula is C18H18N2O2S. The molecule has 1 aliphatic rings. The molecule has 0 radical (unpaired) electrons. The molecule has 2 aromatic rings. The van der Waals surface area contributed by atoms with E-state index in [2.05, 4.69) is 0 Å². The molecular weight excluding hydrogens is 308 g/mol. The number of likely N-dealkylation sites (tertiary alicyclic amines) is 1. The van der Waals surface area contributed by atoms with E-state index in [4.69, 9.17) is 5.73 Å². The number of benzene rings is 1. The first kappa shape index (κ1) is 15.5. The fourth-order valence-corrected chi connectivity index (χ4v) is 3.47. The molecule has 2 N–H and O–H groups in total. The second-order valence-corrected chi connectivity index (χ2v) is 6.53. The molecule has 0 aliphatic carbocycles. The van der Waals surface area contributed by atoms with Crippen molar-refractivity contribution in [2.24, 2.45) is 11.7 Å². The summed E-state index contributed by atoms with van der Waals surface area (Å²) in [5.41, 5.74) is 7.01. The fraction of sp³-hybridized carbons (Fsp3) is 0.222. The van der Waals surface area contributed by atoms with Gasteiger partial charge in [0.15, 0.2) is 0 Å². The Hall–Kier alpha value is -2.40. The van der Waals surface area contributed by atoms with Gasteiger partial charge in [0, 0.05) is 18.0 Å². The number of carbonyl (C=O) groups is 2. The maximum atomic E-state index is 12.9. The highest BCUT2D eigenvalue weighted by Gasteiger charge is 2.31. The van der Waals surface area contributed by atoms with Crippen LogP contribution in [0, 0.1) is 5.92 Å². The summed E-state index contributed by atoms with van der Waals surface area (Å²) >= 11 is 1.54. The van der Waals surface area contributed by atoms with Crippen LogP contribution in [0.15, 0.2) is 47.8 Å². The standard InChI is InChI=1S/C18H18N2O2S/c19-17(21)14-8-9-20(12-14)18(22)15(16-7-4-10-23-16)11-13-5-2-1-3-6-13/h1-7,10-11,14H,8-9,12H2,(H2,19,21). The topological polar surface area (TPSA) is 63.4 Å². The molecule has 1 saturated heterocycles. The summed E-state index contributed by atoms with van der Waals surface area (Å²) in [5.74, 6) is -0.606. The zero-order valence-corrected chi connectivity index (χ0v) is 13.5. The number of rotatable bonds is 4. The smallest absolute Gasteiger partial charge is 0.255 e. The van der Waals surface area contributed by atoms with Gasteiger partial charge in [-0.1, -0.05) is 36.4 Å². The first-order chi connectivity index (χ1) is 11.1. The molecule has 5 heteroatoms. The molecule has 3 rings (SSSR count). The average molecular weight is 326 g/mol. The molecule has 23 heavy (non-hydrogen) atoms. The van der Waals surface area contributed by atoms with Gasteiger partial charge in [-0.25, -0.2) is 0 Å². The summed E-state index contributed by atoms with van der Waals surface area (Å²) in [4.78, 5) is 26.9. The predicted molar refractivity (Wildman–Crippen MR) is 92.5 cm³/mol. The van der Waals surface area contributed by atoms with Crippen molar-refractivity contribution < 1.29 is 9.59 Å². The molecule has 1 aromatic carbocycles. The van der Waals surface area contributed by atoms with Gasteiger partial charge >= 0.3 is 0 Å². The molecule has 1 aliphatic heterocycles. The van der Waals surface area contributed by atoms with Crippen LogP contribution in [0.4, 0.5) is 0 Å². The fourth-order valence-electron chi connectivity index (χ4n) is 2.73. The lowest BCUT2D eigenvalue weighted by molar-refractivity contribution is -0.124. The minimum Gasteiger partial charge on any atom is -0.369 e. The van der Waals surface area contributed by atoms with Crippen LogP contribution in [0.3, 0.4) is 0 Å². The summed E-state index contributed by atoms with van der Waals surface area (Å²) in [6.45, 7) is 0.982. The summed E-state index contributed by atoms with van der Waals surface area (Å²) in [7, 11) is 0. The largest absolute Gasteiger partial charge is 0.369 e. The van der Waals surface area contributed by atoms with Crippen molar-refractivity contribution in [1.29, 1.82) is 0 Å². The summed E-state index contributed by atoms with van der Waals surface area (Å²) in [5, 5.41) is 1.96. The van der Waals surface area contributed by atoms with Gasteiger partial charge < -0.3 is 10.6 Å². The third-order valence-electron chi connectivity index (χ3n) is 4.01. The summed E-state index contributed by atoms with van der Waals surface area (Å²) in [6, 6.07) is 13.7. The molecule has 1 atom stereocenters. The number of thiophene rings is 1. The third kappa shape index (κ3) is 3.51. The number of nitrogens with zero attached hydrogens (tertiary/aromatic N) is 1. The highest BCUT2D eigenvalue weighted by Crippen LogP contribution is 2.27. The molecule has 2 amide bonds. The van der Waals surface area contributed by atoms with Crippen LogP contribution in [-0.2, 0) is 9.59 Å². The summed E-state index contributed by atoms with van der Waals surface area (Å²) < 4.78 is 0. The minimum absolute atomic E-state index is 0.0416. The normalized spacial score (nSPS) is 18.2. The van der Waals surface area contributed by atoms with Crippen LogP contribution >= 0.6 is 11.3 Å². The van der Waals surface area contributed by atoms with Crippen molar-refractivity contribution in [3.05, 3.63) is 58.3 Å². The second kappa shape index (κ2) is 6.79. The predicted octanol–water partition coefficient (Wildman–Crippen LogP) is 2.62. The van der Waals surface area contributed by atoms with Crippen LogP contribution in [0.5, 0.6) is 0 Å². The van der Waals surface area contributed by atoms with Crippen molar-refractivity contribution >= 4 is 34.8 Å². The second-order valence-electron chi connectivity index (χ2n) is 5.59. The van der Waals surface area contributed by atoms with E-state index in [1.807, 2.05) is 53.9 Å². The monoisotopic (exact) mass is 326 g/mol. The molecule has 2 heterocycles. The van der Waals surface area contributed by atoms with Crippen LogP contribution in [0.1, 0.15) is 16.9 Å². The van der Waals surface area contributed by atoms with Crippen LogP contribution in [0.2, 0.25) is 0 Å². The lowest BCUT2D eigenvalue weighted by Crippen LogP contribution is -2.32. The van der Waals surface area contributed by atoms with Gasteiger partial charge in [0.2, 0.25) is 5.91 Å². The Bertz CT molecular complexity index is 723. The highest BCUT2D eigenvalue weighted by molar-refractivity contribution is 7.11. The first-order valence-electron chi connectivity index (χ1n) is 7.54. The number of primary amides is 1. The van der Waals surface area contributed by atoms with Gasteiger partial charge in [0.25, 0.3) is 5.91 Å². The van der Waals surface area contributed by atoms with Crippen molar-refractivity contribution in [1.82, 2.24) is 4.90 Å². The Labute approximate surface area is 139 Å². The molecule has 1 aromatic heterocycles. The van der Waals surface area contributed by atoms with E-state index >= 15 is 0 Å². The third-order valence-corrected chi connectivity index (χ3v) is 4.91. The minimum atomic E-state index is -0.329. The number of nitrogens with two attached hydrogens (primary N) is 1. The molecule has 1 fully saturated rings. The van der Waals surface area contributed by atoms with Gasteiger partial charge in [-0.3, -0.25) is 9.59 Å². The Morgan fingerprint density at radius 1 is 1.17 bits per heavy atom. The van der Waals surface area contributed by atoms with E-state index in [1.165, 1.54) is 11.3 Å². The van der Waals surface area contributed by atoms with Gasteiger partial charge in [-0.2, -0.15) is 0 Å². The van der Waals surface area contributed by atoms with Crippen molar-refractivity contribution in [3.8, 4) is 0 Å². The highest BCUT2D eigenvalue weighted by atomic mass is 32.1. The average Bonchev–Trinajstić information content (AvgIpc) is 3.24. The molecule has 118 valence electrons. The Morgan fingerprint density at radius 3 is 2.57 bits per heavy atom. The van der Waals surface area contributed by atoms with Crippen LogP contribution < -0.4 is 5.73 Å².